The monoisotopic (exact) mass is 281 g/mol. The molecule has 0 saturated heterocycles. The molecule has 0 saturated carbocycles. The van der Waals surface area contributed by atoms with Crippen LogP contribution < -0.4 is 11.1 Å². The molecule has 94 valence electrons. The molecule has 0 unspecified atom stereocenters. The summed E-state index contributed by atoms with van der Waals surface area (Å²) >= 11 is 11.8. The molecule has 1 aromatic carbocycles. The van der Waals surface area contributed by atoms with Gasteiger partial charge in [-0.1, -0.05) is 29.3 Å². The highest BCUT2D eigenvalue weighted by molar-refractivity contribution is 6.42. The first-order chi connectivity index (χ1) is 8.56. The molecule has 0 amide bonds. The molecule has 0 spiro atoms. The Kier molecular flexibility index (Phi) is 3.94. The average Bonchev–Trinajstić information content (AvgIpc) is 2.34. The Morgan fingerprint density at radius 1 is 1.22 bits per heavy atom. The maximum atomic E-state index is 5.95. The van der Waals surface area contributed by atoms with E-state index >= 15 is 0 Å². The second-order valence-corrected chi connectivity index (χ2v) is 4.83. The molecule has 2 aromatic rings. The van der Waals surface area contributed by atoms with Gasteiger partial charge < -0.3 is 11.1 Å². The van der Waals surface area contributed by atoms with Gasteiger partial charge in [-0.15, -0.1) is 0 Å². The first-order valence-electron chi connectivity index (χ1n) is 5.46. The Morgan fingerprint density at radius 2 is 1.94 bits per heavy atom. The molecule has 1 aromatic heterocycles. The number of halogens is 2. The Bertz CT molecular complexity index is 553. The van der Waals surface area contributed by atoms with Crippen molar-refractivity contribution < 1.29 is 0 Å². The quantitative estimate of drug-likeness (QED) is 0.840. The summed E-state index contributed by atoms with van der Waals surface area (Å²) in [7, 11) is 0. The number of rotatable bonds is 3. The van der Waals surface area contributed by atoms with Crippen molar-refractivity contribution in [3.05, 3.63) is 51.8 Å². The van der Waals surface area contributed by atoms with Crippen LogP contribution in [0.15, 0.2) is 30.5 Å². The third kappa shape index (κ3) is 3.06. The van der Waals surface area contributed by atoms with E-state index in [0.29, 0.717) is 22.3 Å². The van der Waals surface area contributed by atoms with Gasteiger partial charge in [0.05, 0.1) is 21.4 Å². The van der Waals surface area contributed by atoms with Crippen molar-refractivity contribution in [1.82, 2.24) is 4.98 Å². The molecular weight excluding hydrogens is 269 g/mol. The van der Waals surface area contributed by atoms with Gasteiger partial charge >= 0.3 is 0 Å². The molecule has 0 aliphatic carbocycles. The lowest BCUT2D eigenvalue weighted by Crippen LogP contribution is -2.03. The highest BCUT2D eigenvalue weighted by Gasteiger charge is 2.04. The predicted molar refractivity (Wildman–Crippen MR) is 77.2 cm³/mol. The number of nitrogens with zero attached hydrogens (tertiary/aromatic N) is 1. The summed E-state index contributed by atoms with van der Waals surface area (Å²) in [5, 5.41) is 4.15. The fourth-order valence-corrected chi connectivity index (χ4v) is 1.85. The van der Waals surface area contributed by atoms with Crippen molar-refractivity contribution in [2.45, 2.75) is 13.5 Å². The molecule has 18 heavy (non-hydrogen) atoms. The lowest BCUT2D eigenvalue weighted by molar-refractivity contribution is 1.09. The van der Waals surface area contributed by atoms with Gasteiger partial charge in [-0.3, -0.25) is 4.98 Å². The van der Waals surface area contributed by atoms with E-state index in [-0.39, 0.29) is 0 Å². The summed E-state index contributed by atoms with van der Waals surface area (Å²) in [5.41, 5.74) is 9.27. The van der Waals surface area contributed by atoms with Crippen molar-refractivity contribution >= 4 is 34.6 Å². The summed E-state index contributed by atoms with van der Waals surface area (Å²) in [6.07, 6.45) is 1.83. The summed E-state index contributed by atoms with van der Waals surface area (Å²) in [5.74, 6) is 0. The Hall–Kier alpha value is -1.45. The third-order valence-corrected chi connectivity index (χ3v) is 3.27. The molecule has 5 heteroatoms. The molecular formula is C13H13Cl2N3. The zero-order chi connectivity index (χ0) is 13.1. The number of nitrogen functional groups attached to an aromatic ring is 1. The van der Waals surface area contributed by atoms with Crippen molar-refractivity contribution in [3.8, 4) is 0 Å². The number of hydrogen-bond acceptors (Lipinski definition) is 3. The molecule has 0 atom stereocenters. The van der Waals surface area contributed by atoms with Gasteiger partial charge in [0.25, 0.3) is 0 Å². The summed E-state index contributed by atoms with van der Waals surface area (Å²) in [6, 6.07) is 7.35. The van der Waals surface area contributed by atoms with Gasteiger partial charge in [-0.2, -0.15) is 0 Å². The highest BCUT2D eigenvalue weighted by atomic mass is 35.5. The second-order valence-electron chi connectivity index (χ2n) is 4.01. The summed E-state index contributed by atoms with van der Waals surface area (Å²) in [6.45, 7) is 2.59. The van der Waals surface area contributed by atoms with Gasteiger partial charge in [0.1, 0.15) is 0 Å². The van der Waals surface area contributed by atoms with Crippen LogP contribution in [0.1, 0.15) is 11.3 Å². The lowest BCUT2D eigenvalue weighted by Gasteiger charge is -2.10. The molecule has 3 N–H and O–H groups in total. The average molecular weight is 282 g/mol. The molecule has 0 aliphatic rings. The van der Waals surface area contributed by atoms with Crippen LogP contribution >= 0.6 is 23.2 Å². The van der Waals surface area contributed by atoms with E-state index in [9.17, 15) is 0 Å². The highest BCUT2D eigenvalue weighted by Crippen LogP contribution is 2.30. The first-order valence-corrected chi connectivity index (χ1v) is 6.22. The minimum absolute atomic E-state index is 0.455. The first kappa shape index (κ1) is 13.0. The normalized spacial score (nSPS) is 10.4. The molecule has 0 bridgehead atoms. The van der Waals surface area contributed by atoms with Crippen LogP contribution in [0.25, 0.3) is 0 Å². The fraction of sp³-hybridized carbons (Fsp3) is 0.154. The summed E-state index contributed by atoms with van der Waals surface area (Å²) in [4.78, 5) is 4.23. The fourth-order valence-electron chi connectivity index (χ4n) is 1.52. The van der Waals surface area contributed by atoms with E-state index in [0.717, 1.165) is 16.9 Å². The van der Waals surface area contributed by atoms with E-state index in [1.165, 1.54) is 0 Å². The molecule has 0 radical (unpaired) electrons. The Morgan fingerprint density at radius 3 is 2.61 bits per heavy atom. The molecule has 3 nitrogen and oxygen atoms in total. The van der Waals surface area contributed by atoms with Crippen LogP contribution in [-0.4, -0.2) is 4.98 Å². The molecule has 0 fully saturated rings. The van der Waals surface area contributed by atoms with E-state index in [2.05, 4.69) is 10.3 Å². The van der Waals surface area contributed by atoms with Gasteiger partial charge in [0.2, 0.25) is 0 Å². The zero-order valence-corrected chi connectivity index (χ0v) is 11.4. The number of nitrogens with one attached hydrogen (secondary N) is 1. The van der Waals surface area contributed by atoms with E-state index in [1.54, 1.807) is 12.1 Å². The molecule has 1 heterocycles. The maximum Gasteiger partial charge on any atom is 0.0614 e. The number of aryl methyl sites for hydroxylation is 1. The topological polar surface area (TPSA) is 50.9 Å². The SMILES string of the molecule is Cc1ccc(CNc2cc(Cl)c(Cl)cc2N)cn1. The number of nitrogens with two attached hydrogens (primary N) is 1. The molecule has 0 aliphatic heterocycles. The molecule has 2 rings (SSSR count). The maximum absolute atomic E-state index is 5.95. The van der Waals surface area contributed by atoms with Crippen molar-refractivity contribution in [3.63, 3.8) is 0 Å². The van der Waals surface area contributed by atoms with Crippen molar-refractivity contribution in [1.29, 1.82) is 0 Å². The lowest BCUT2D eigenvalue weighted by atomic mass is 10.2. The van der Waals surface area contributed by atoms with Crippen molar-refractivity contribution in [2.75, 3.05) is 11.1 Å². The van der Waals surface area contributed by atoms with E-state index < -0.39 is 0 Å². The standard InChI is InChI=1S/C13H13Cl2N3/c1-8-2-3-9(6-17-8)7-18-13-5-11(15)10(14)4-12(13)16/h2-6,18H,7,16H2,1H3. The van der Waals surface area contributed by atoms with Gasteiger partial charge in [-0.05, 0) is 30.7 Å². The minimum Gasteiger partial charge on any atom is -0.397 e. The van der Waals surface area contributed by atoms with E-state index in [4.69, 9.17) is 28.9 Å². The smallest absolute Gasteiger partial charge is 0.0614 e. The summed E-state index contributed by atoms with van der Waals surface area (Å²) < 4.78 is 0. The third-order valence-electron chi connectivity index (χ3n) is 2.55. The zero-order valence-electron chi connectivity index (χ0n) is 9.87. The Labute approximate surface area is 116 Å². The van der Waals surface area contributed by atoms with Crippen LogP contribution in [0.2, 0.25) is 10.0 Å². The van der Waals surface area contributed by atoms with Crippen LogP contribution in [0.4, 0.5) is 11.4 Å². The van der Waals surface area contributed by atoms with Gasteiger partial charge in [0.15, 0.2) is 0 Å². The van der Waals surface area contributed by atoms with Crippen LogP contribution in [-0.2, 0) is 6.54 Å². The van der Waals surface area contributed by atoms with E-state index in [1.807, 2.05) is 25.3 Å². The number of hydrogen-bond donors (Lipinski definition) is 2. The second kappa shape index (κ2) is 5.46. The van der Waals surface area contributed by atoms with Crippen LogP contribution in [0.5, 0.6) is 0 Å². The van der Waals surface area contributed by atoms with Crippen LogP contribution in [0, 0.1) is 6.92 Å². The van der Waals surface area contributed by atoms with Gasteiger partial charge in [0, 0.05) is 18.4 Å². The number of anilines is 2. The van der Waals surface area contributed by atoms with Gasteiger partial charge in [-0.25, -0.2) is 0 Å². The number of aromatic nitrogens is 1. The Balaban J connectivity index is 2.10. The number of pyridine rings is 1. The predicted octanol–water partition coefficient (Wildman–Crippen LogP) is 3.89. The van der Waals surface area contributed by atoms with Crippen molar-refractivity contribution in [2.24, 2.45) is 0 Å². The van der Waals surface area contributed by atoms with Crippen LogP contribution in [0.3, 0.4) is 0 Å². The largest absolute Gasteiger partial charge is 0.397 e. The number of benzene rings is 1. The minimum atomic E-state index is 0.455.